The molecule has 10 heavy (non-hydrogen) atoms. The lowest BCUT2D eigenvalue weighted by Gasteiger charge is -1.96. The maximum absolute atomic E-state index is 7.50. The summed E-state index contributed by atoms with van der Waals surface area (Å²) in [6.07, 6.45) is 3.41. The SMILES string of the molecule is [2H]c1cccc(C=C)c1C=C. The Morgan fingerprint density at radius 2 is 1.90 bits per heavy atom. The van der Waals surface area contributed by atoms with Gasteiger partial charge in [-0.1, -0.05) is 49.6 Å². The van der Waals surface area contributed by atoms with Crippen LogP contribution in [0.25, 0.3) is 12.2 Å². The molecular formula is C10H10. The van der Waals surface area contributed by atoms with E-state index in [0.29, 0.717) is 6.04 Å². The lowest BCUT2D eigenvalue weighted by Crippen LogP contribution is -1.76. The van der Waals surface area contributed by atoms with Crippen molar-refractivity contribution in [1.29, 1.82) is 0 Å². The third-order valence-corrected chi connectivity index (χ3v) is 1.35. The van der Waals surface area contributed by atoms with Gasteiger partial charge < -0.3 is 0 Å². The highest BCUT2D eigenvalue weighted by molar-refractivity contribution is 5.63. The smallest absolute Gasteiger partial charge is 0.0629 e. The molecule has 0 unspecified atom stereocenters. The quantitative estimate of drug-likeness (QED) is 0.578. The average Bonchev–Trinajstić information content (AvgIpc) is 2.04. The van der Waals surface area contributed by atoms with Gasteiger partial charge in [0, 0.05) is 0 Å². The Kier molecular flexibility index (Phi) is 1.66. The molecule has 0 saturated heterocycles. The summed E-state index contributed by atoms with van der Waals surface area (Å²) >= 11 is 0. The van der Waals surface area contributed by atoms with Gasteiger partial charge in [0.2, 0.25) is 0 Å². The van der Waals surface area contributed by atoms with E-state index in [1.807, 2.05) is 12.1 Å². The van der Waals surface area contributed by atoms with Crippen molar-refractivity contribution in [2.24, 2.45) is 0 Å². The van der Waals surface area contributed by atoms with E-state index in [2.05, 4.69) is 13.2 Å². The molecule has 0 aliphatic heterocycles. The van der Waals surface area contributed by atoms with Crippen molar-refractivity contribution in [3.05, 3.63) is 48.5 Å². The number of hydrogen-bond acceptors (Lipinski definition) is 0. The van der Waals surface area contributed by atoms with Gasteiger partial charge in [0.05, 0.1) is 1.37 Å². The molecular weight excluding hydrogens is 120 g/mol. The fraction of sp³-hybridized carbons (Fsp3) is 0. The van der Waals surface area contributed by atoms with Gasteiger partial charge in [0.15, 0.2) is 0 Å². The minimum Gasteiger partial charge on any atom is -0.0984 e. The summed E-state index contributed by atoms with van der Waals surface area (Å²) in [7, 11) is 0. The van der Waals surface area contributed by atoms with Crippen molar-refractivity contribution in [3.63, 3.8) is 0 Å². The van der Waals surface area contributed by atoms with Crippen LogP contribution in [0.2, 0.25) is 0 Å². The molecule has 1 aromatic rings. The van der Waals surface area contributed by atoms with Crippen LogP contribution in [-0.4, -0.2) is 0 Å². The summed E-state index contributed by atoms with van der Waals surface area (Å²) in [5.74, 6) is 0. The van der Waals surface area contributed by atoms with Crippen LogP contribution in [0.4, 0.5) is 0 Å². The Labute approximate surface area is 62.9 Å². The van der Waals surface area contributed by atoms with Crippen molar-refractivity contribution in [2.45, 2.75) is 0 Å². The summed E-state index contributed by atoms with van der Waals surface area (Å²) in [6, 6.07) is 6.00. The zero-order valence-electron chi connectivity index (χ0n) is 6.80. The predicted octanol–water partition coefficient (Wildman–Crippen LogP) is 2.97. The van der Waals surface area contributed by atoms with Gasteiger partial charge >= 0.3 is 0 Å². The maximum atomic E-state index is 7.50. The highest BCUT2D eigenvalue weighted by atomic mass is 13.9. The fourth-order valence-electron chi connectivity index (χ4n) is 0.818. The van der Waals surface area contributed by atoms with Gasteiger partial charge in [-0.25, -0.2) is 0 Å². The highest BCUT2D eigenvalue weighted by Crippen LogP contribution is 2.10. The number of hydrogen-bond donors (Lipinski definition) is 0. The molecule has 0 atom stereocenters. The molecule has 1 rings (SSSR count). The second-order valence-corrected chi connectivity index (χ2v) is 1.95. The summed E-state index contributed by atoms with van der Waals surface area (Å²) < 4.78 is 7.50. The Hall–Kier alpha value is -1.30. The van der Waals surface area contributed by atoms with Crippen LogP contribution in [0.5, 0.6) is 0 Å². The molecule has 0 spiro atoms. The Balaban J connectivity index is 3.35. The van der Waals surface area contributed by atoms with Crippen molar-refractivity contribution >= 4 is 12.2 Å². The molecule has 0 N–H and O–H groups in total. The van der Waals surface area contributed by atoms with Gasteiger partial charge in [-0.05, 0) is 11.1 Å². The zero-order valence-corrected chi connectivity index (χ0v) is 5.80. The van der Waals surface area contributed by atoms with E-state index in [1.165, 1.54) is 0 Å². The van der Waals surface area contributed by atoms with Crippen LogP contribution in [-0.2, 0) is 0 Å². The topological polar surface area (TPSA) is 0 Å². The Morgan fingerprint density at radius 3 is 2.40 bits per heavy atom. The van der Waals surface area contributed by atoms with E-state index >= 15 is 0 Å². The molecule has 0 aliphatic rings. The van der Waals surface area contributed by atoms with Gasteiger partial charge in [-0.2, -0.15) is 0 Å². The number of benzene rings is 1. The van der Waals surface area contributed by atoms with Gasteiger partial charge in [-0.3, -0.25) is 0 Å². The molecule has 0 aliphatic carbocycles. The average molecular weight is 131 g/mol. The lowest BCUT2D eigenvalue weighted by atomic mass is 10.1. The predicted molar refractivity (Wildman–Crippen MR) is 46.6 cm³/mol. The molecule has 0 saturated carbocycles. The van der Waals surface area contributed by atoms with Crippen molar-refractivity contribution in [2.75, 3.05) is 0 Å². The minimum atomic E-state index is 0.498. The van der Waals surface area contributed by atoms with E-state index in [9.17, 15) is 0 Å². The lowest BCUT2D eigenvalue weighted by molar-refractivity contribution is 1.62. The third kappa shape index (κ3) is 1.16. The second kappa shape index (κ2) is 3.02. The molecule has 0 heteroatoms. The van der Waals surface area contributed by atoms with Gasteiger partial charge in [0.25, 0.3) is 0 Å². The molecule has 0 bridgehead atoms. The molecule has 0 fully saturated rings. The minimum absolute atomic E-state index is 0.498. The third-order valence-electron chi connectivity index (χ3n) is 1.35. The van der Waals surface area contributed by atoms with E-state index < -0.39 is 0 Å². The summed E-state index contributed by atoms with van der Waals surface area (Å²) in [5, 5.41) is 0. The molecule has 0 heterocycles. The van der Waals surface area contributed by atoms with Crippen molar-refractivity contribution in [1.82, 2.24) is 0 Å². The Morgan fingerprint density at radius 1 is 1.20 bits per heavy atom. The van der Waals surface area contributed by atoms with E-state index in [0.717, 1.165) is 11.1 Å². The van der Waals surface area contributed by atoms with Crippen LogP contribution in [0.1, 0.15) is 12.5 Å². The van der Waals surface area contributed by atoms with Crippen LogP contribution >= 0.6 is 0 Å². The first-order valence-corrected chi connectivity index (χ1v) is 3.14. The molecule has 1 aromatic carbocycles. The first-order valence-electron chi connectivity index (χ1n) is 3.64. The van der Waals surface area contributed by atoms with Gasteiger partial charge in [0.1, 0.15) is 0 Å². The molecule has 0 aromatic heterocycles. The van der Waals surface area contributed by atoms with Crippen molar-refractivity contribution < 1.29 is 1.37 Å². The molecule has 0 nitrogen and oxygen atoms in total. The van der Waals surface area contributed by atoms with Crippen molar-refractivity contribution in [3.8, 4) is 0 Å². The van der Waals surface area contributed by atoms with Crippen LogP contribution in [0, 0.1) is 0 Å². The van der Waals surface area contributed by atoms with E-state index in [1.54, 1.807) is 18.2 Å². The standard InChI is InChI=1S/C10H10/c1-3-9-7-5-6-8-10(9)4-2/h3-8H,1-2H2/i7D. The second-order valence-electron chi connectivity index (χ2n) is 1.95. The molecule has 50 valence electrons. The van der Waals surface area contributed by atoms with Gasteiger partial charge in [-0.15, -0.1) is 0 Å². The van der Waals surface area contributed by atoms with E-state index in [4.69, 9.17) is 1.37 Å². The zero-order chi connectivity index (χ0) is 8.27. The number of rotatable bonds is 2. The Bertz CT molecular complexity index is 287. The van der Waals surface area contributed by atoms with Crippen LogP contribution < -0.4 is 0 Å². The normalized spacial score (nSPS) is 10.2. The summed E-state index contributed by atoms with van der Waals surface area (Å²) in [4.78, 5) is 0. The monoisotopic (exact) mass is 131 g/mol. The fourth-order valence-corrected chi connectivity index (χ4v) is 0.818. The van der Waals surface area contributed by atoms with Crippen LogP contribution in [0.15, 0.2) is 37.4 Å². The first kappa shape index (κ1) is 5.48. The van der Waals surface area contributed by atoms with Crippen LogP contribution in [0.3, 0.4) is 0 Å². The van der Waals surface area contributed by atoms with E-state index in [-0.39, 0.29) is 0 Å². The highest BCUT2D eigenvalue weighted by Gasteiger charge is 1.89. The largest absolute Gasteiger partial charge is 0.0984 e. The summed E-state index contributed by atoms with van der Waals surface area (Å²) in [5.41, 5.74) is 1.81. The molecule has 0 radical (unpaired) electrons. The first-order chi connectivity index (χ1) is 5.29. The maximum Gasteiger partial charge on any atom is 0.0629 e. The molecule has 0 amide bonds. The summed E-state index contributed by atoms with van der Waals surface area (Å²) in [6.45, 7) is 7.28.